The third kappa shape index (κ3) is 5.31. The fourth-order valence-electron chi connectivity index (χ4n) is 5.14. The van der Waals surface area contributed by atoms with E-state index >= 15 is 0 Å². The zero-order chi connectivity index (χ0) is 24.2. The first-order chi connectivity index (χ1) is 17.1. The zero-order valence-corrected chi connectivity index (χ0v) is 20.8. The molecule has 5 rings (SSSR count). The number of nitrogens with one attached hydrogen (secondary N) is 1. The number of aryl methyl sites for hydroxylation is 1. The van der Waals surface area contributed by atoms with Gasteiger partial charge in [0.15, 0.2) is 0 Å². The number of anilines is 1. The average Bonchev–Trinajstić information content (AvgIpc) is 3.29. The van der Waals surface area contributed by atoms with Gasteiger partial charge in [-0.1, -0.05) is 36.7 Å². The van der Waals surface area contributed by atoms with Crippen molar-refractivity contribution in [3.8, 4) is 0 Å². The molecule has 1 saturated heterocycles. The van der Waals surface area contributed by atoms with Crippen LogP contribution in [0.2, 0.25) is 5.02 Å². The molecular formula is C27H31ClN6O. The van der Waals surface area contributed by atoms with Crippen LogP contribution in [0.4, 0.5) is 5.82 Å². The summed E-state index contributed by atoms with van der Waals surface area (Å²) in [6.45, 7) is 6.38. The normalized spacial score (nSPS) is 18.4. The quantitative estimate of drug-likeness (QED) is 0.543. The zero-order valence-electron chi connectivity index (χ0n) is 20.0. The Morgan fingerprint density at radius 1 is 1.14 bits per heavy atom. The minimum absolute atomic E-state index is 0.145. The number of pyridine rings is 1. The number of aromatic nitrogens is 3. The van der Waals surface area contributed by atoms with E-state index in [4.69, 9.17) is 11.6 Å². The van der Waals surface area contributed by atoms with Gasteiger partial charge in [0.05, 0.1) is 5.92 Å². The molecule has 1 amide bonds. The van der Waals surface area contributed by atoms with Crippen LogP contribution in [0.5, 0.6) is 0 Å². The summed E-state index contributed by atoms with van der Waals surface area (Å²) in [5.74, 6) is 1.41. The molecule has 2 aliphatic rings. The van der Waals surface area contributed by atoms with E-state index in [1.807, 2.05) is 47.5 Å². The van der Waals surface area contributed by atoms with Crippen molar-refractivity contribution in [2.75, 3.05) is 37.6 Å². The largest absolute Gasteiger partial charge is 0.353 e. The molecule has 182 valence electrons. The Kier molecular flexibility index (Phi) is 7.25. The number of hydrogen-bond donors (Lipinski definition) is 1. The van der Waals surface area contributed by atoms with Crippen LogP contribution in [-0.4, -0.2) is 58.5 Å². The minimum Gasteiger partial charge on any atom is -0.353 e. The number of halogens is 1. The average molecular weight is 491 g/mol. The van der Waals surface area contributed by atoms with Gasteiger partial charge in [0, 0.05) is 67.9 Å². The van der Waals surface area contributed by atoms with Crippen molar-refractivity contribution >= 4 is 23.3 Å². The first-order valence-corrected chi connectivity index (χ1v) is 12.7. The first-order valence-electron chi connectivity index (χ1n) is 12.3. The molecule has 0 unspecified atom stereocenters. The number of carbonyl (C=O) groups excluding carboxylic acids is 1. The SMILES string of the molecule is C[C@@H]1CCc2ncnc(N3CCN(C(=O)[C@H](CNCc4cccnc4)c4ccc(Cl)cc4)CC3)c21. The van der Waals surface area contributed by atoms with E-state index in [0.29, 0.717) is 37.1 Å². The molecule has 2 atom stereocenters. The molecular weight excluding hydrogens is 460 g/mol. The van der Waals surface area contributed by atoms with Crippen molar-refractivity contribution < 1.29 is 4.79 Å². The summed E-state index contributed by atoms with van der Waals surface area (Å²) in [7, 11) is 0. The Morgan fingerprint density at radius 2 is 1.94 bits per heavy atom. The lowest BCUT2D eigenvalue weighted by atomic mass is 9.96. The maximum atomic E-state index is 13.7. The Hall–Kier alpha value is -3.03. The summed E-state index contributed by atoms with van der Waals surface area (Å²) in [5, 5.41) is 4.12. The molecule has 0 bridgehead atoms. The van der Waals surface area contributed by atoms with Crippen molar-refractivity contribution in [3.05, 3.63) is 82.5 Å². The van der Waals surface area contributed by atoms with Crippen molar-refractivity contribution in [3.63, 3.8) is 0 Å². The number of nitrogens with zero attached hydrogens (tertiary/aromatic N) is 5. The molecule has 8 heteroatoms. The molecule has 2 aromatic heterocycles. The first kappa shape index (κ1) is 23.7. The lowest BCUT2D eigenvalue weighted by Crippen LogP contribution is -2.51. The van der Waals surface area contributed by atoms with E-state index in [0.717, 1.165) is 42.9 Å². The molecule has 1 N–H and O–H groups in total. The van der Waals surface area contributed by atoms with Crippen LogP contribution in [0.15, 0.2) is 55.1 Å². The van der Waals surface area contributed by atoms with Crippen molar-refractivity contribution in [2.24, 2.45) is 0 Å². The molecule has 0 saturated carbocycles. The molecule has 1 fully saturated rings. The highest BCUT2D eigenvalue weighted by molar-refractivity contribution is 6.30. The number of fused-ring (bicyclic) bond motifs is 1. The van der Waals surface area contributed by atoms with Gasteiger partial charge in [0.25, 0.3) is 0 Å². The fourth-order valence-corrected chi connectivity index (χ4v) is 5.27. The van der Waals surface area contributed by atoms with E-state index in [-0.39, 0.29) is 11.8 Å². The molecule has 1 aliphatic heterocycles. The Balaban J connectivity index is 1.26. The molecule has 3 aromatic rings. The summed E-state index contributed by atoms with van der Waals surface area (Å²) in [5.41, 5.74) is 4.55. The van der Waals surface area contributed by atoms with E-state index in [1.165, 1.54) is 11.3 Å². The molecule has 1 aliphatic carbocycles. The number of hydrogen-bond acceptors (Lipinski definition) is 6. The highest BCUT2D eigenvalue weighted by Gasteiger charge is 2.32. The second-order valence-corrected chi connectivity index (χ2v) is 9.84. The van der Waals surface area contributed by atoms with E-state index < -0.39 is 0 Å². The Bertz CT molecular complexity index is 1150. The van der Waals surface area contributed by atoms with E-state index in [9.17, 15) is 4.79 Å². The molecule has 1 aromatic carbocycles. The maximum absolute atomic E-state index is 13.7. The van der Waals surface area contributed by atoms with Crippen LogP contribution in [-0.2, 0) is 17.8 Å². The molecule has 0 radical (unpaired) electrons. The number of carbonyl (C=O) groups is 1. The molecule has 7 nitrogen and oxygen atoms in total. The third-order valence-corrected chi connectivity index (χ3v) is 7.37. The Morgan fingerprint density at radius 3 is 2.69 bits per heavy atom. The predicted molar refractivity (Wildman–Crippen MR) is 138 cm³/mol. The van der Waals surface area contributed by atoms with Gasteiger partial charge >= 0.3 is 0 Å². The number of piperazine rings is 1. The van der Waals surface area contributed by atoms with Crippen LogP contribution < -0.4 is 10.2 Å². The van der Waals surface area contributed by atoms with Gasteiger partial charge in [-0.3, -0.25) is 9.78 Å². The lowest BCUT2D eigenvalue weighted by molar-refractivity contribution is -0.133. The van der Waals surface area contributed by atoms with Gasteiger partial charge in [-0.25, -0.2) is 9.97 Å². The van der Waals surface area contributed by atoms with Crippen LogP contribution >= 0.6 is 11.6 Å². The lowest BCUT2D eigenvalue weighted by Gasteiger charge is -2.38. The second kappa shape index (κ2) is 10.7. The monoisotopic (exact) mass is 490 g/mol. The topological polar surface area (TPSA) is 74.2 Å². The smallest absolute Gasteiger partial charge is 0.231 e. The highest BCUT2D eigenvalue weighted by atomic mass is 35.5. The van der Waals surface area contributed by atoms with Crippen molar-refractivity contribution in [1.82, 2.24) is 25.2 Å². The third-order valence-electron chi connectivity index (χ3n) is 7.11. The minimum atomic E-state index is -0.279. The van der Waals surface area contributed by atoms with Gasteiger partial charge < -0.3 is 15.1 Å². The molecule has 35 heavy (non-hydrogen) atoms. The predicted octanol–water partition coefficient (Wildman–Crippen LogP) is 3.80. The van der Waals surface area contributed by atoms with Crippen molar-refractivity contribution in [1.29, 1.82) is 0 Å². The number of amides is 1. The van der Waals surface area contributed by atoms with E-state index in [1.54, 1.807) is 12.5 Å². The van der Waals surface area contributed by atoms with Gasteiger partial charge in [-0.05, 0) is 48.1 Å². The fraction of sp³-hybridized carbons (Fsp3) is 0.407. The summed E-state index contributed by atoms with van der Waals surface area (Å²) in [6.07, 6.45) is 7.46. The molecule has 0 spiro atoms. The van der Waals surface area contributed by atoms with E-state index in [2.05, 4.69) is 32.1 Å². The summed E-state index contributed by atoms with van der Waals surface area (Å²) < 4.78 is 0. The second-order valence-electron chi connectivity index (χ2n) is 9.41. The standard InChI is InChI=1S/C27H31ClN6O/c1-19-4-9-24-25(19)26(32-18-31-24)33-11-13-34(14-12-33)27(35)23(21-5-7-22(28)8-6-21)17-30-16-20-3-2-10-29-15-20/h2-3,5-8,10,15,18-19,23,30H,4,9,11-14,16-17H2,1H3/t19-,23-/m1/s1. The number of benzene rings is 1. The summed E-state index contributed by atoms with van der Waals surface area (Å²) >= 11 is 6.12. The van der Waals surface area contributed by atoms with Crippen LogP contribution in [0.25, 0.3) is 0 Å². The summed E-state index contributed by atoms with van der Waals surface area (Å²) in [4.78, 5) is 31.3. The van der Waals surface area contributed by atoms with Crippen LogP contribution in [0, 0.1) is 0 Å². The maximum Gasteiger partial charge on any atom is 0.231 e. The van der Waals surface area contributed by atoms with Gasteiger partial charge in [-0.15, -0.1) is 0 Å². The van der Waals surface area contributed by atoms with Crippen molar-refractivity contribution in [2.45, 2.75) is 38.1 Å². The summed E-state index contributed by atoms with van der Waals surface area (Å²) in [6, 6.07) is 11.6. The molecule has 3 heterocycles. The van der Waals surface area contributed by atoms with Gasteiger partial charge in [-0.2, -0.15) is 0 Å². The van der Waals surface area contributed by atoms with Gasteiger partial charge in [0.1, 0.15) is 12.1 Å². The van der Waals surface area contributed by atoms with Crippen LogP contribution in [0.3, 0.4) is 0 Å². The Labute approximate surface area is 211 Å². The van der Waals surface area contributed by atoms with Crippen LogP contribution in [0.1, 0.15) is 47.6 Å². The number of rotatable bonds is 7. The van der Waals surface area contributed by atoms with Gasteiger partial charge in [0.2, 0.25) is 5.91 Å². The highest BCUT2D eigenvalue weighted by Crippen LogP contribution is 2.37.